The highest BCUT2D eigenvalue weighted by Gasteiger charge is 2.26. The molecule has 28 heavy (non-hydrogen) atoms. The fourth-order valence-electron chi connectivity index (χ4n) is 3.54. The van der Waals surface area contributed by atoms with Crippen LogP contribution < -0.4 is 15.0 Å². The molecule has 1 fully saturated rings. The van der Waals surface area contributed by atoms with Crippen molar-refractivity contribution in [2.24, 2.45) is 0 Å². The van der Waals surface area contributed by atoms with Gasteiger partial charge in [-0.2, -0.15) is 0 Å². The minimum absolute atomic E-state index is 0.123. The zero-order chi connectivity index (χ0) is 20.1. The average molecular weight is 402 g/mol. The summed E-state index contributed by atoms with van der Waals surface area (Å²) >= 11 is 6.39. The molecule has 3 rings (SSSR count). The van der Waals surface area contributed by atoms with Crippen LogP contribution in [0.15, 0.2) is 42.5 Å². The monoisotopic (exact) mass is 401 g/mol. The van der Waals surface area contributed by atoms with Crippen molar-refractivity contribution in [2.45, 2.75) is 25.9 Å². The van der Waals surface area contributed by atoms with Crippen molar-refractivity contribution in [1.29, 1.82) is 0 Å². The second-order valence-electron chi connectivity index (χ2n) is 7.31. The van der Waals surface area contributed by atoms with Gasteiger partial charge in [-0.1, -0.05) is 41.9 Å². The SMILES string of the molecule is CCOc1cc(N(C)C)c(Cl)cc1C(=O)NC1CCN(Cc2ccccc2)C1. The molecule has 2 aromatic rings. The maximum absolute atomic E-state index is 12.9. The Bertz CT molecular complexity index is 811. The van der Waals surface area contributed by atoms with Crippen LogP contribution in [0.1, 0.15) is 29.3 Å². The highest BCUT2D eigenvalue weighted by atomic mass is 35.5. The summed E-state index contributed by atoms with van der Waals surface area (Å²) in [6.07, 6.45) is 0.937. The summed E-state index contributed by atoms with van der Waals surface area (Å²) in [5.74, 6) is 0.425. The predicted octanol–water partition coefficient (Wildman–Crippen LogP) is 3.81. The summed E-state index contributed by atoms with van der Waals surface area (Å²) in [7, 11) is 3.83. The first-order chi connectivity index (χ1) is 13.5. The van der Waals surface area contributed by atoms with Gasteiger partial charge in [0, 0.05) is 45.8 Å². The lowest BCUT2D eigenvalue weighted by atomic mass is 10.1. The molecule has 1 amide bonds. The van der Waals surface area contributed by atoms with Gasteiger partial charge in [-0.15, -0.1) is 0 Å². The third-order valence-electron chi connectivity index (χ3n) is 4.93. The average Bonchev–Trinajstić information content (AvgIpc) is 3.10. The lowest BCUT2D eigenvalue weighted by molar-refractivity contribution is 0.0934. The second-order valence-corrected chi connectivity index (χ2v) is 7.71. The fourth-order valence-corrected chi connectivity index (χ4v) is 3.87. The van der Waals surface area contributed by atoms with Crippen molar-refractivity contribution >= 4 is 23.2 Å². The summed E-state index contributed by atoms with van der Waals surface area (Å²) < 4.78 is 5.71. The van der Waals surface area contributed by atoms with E-state index in [2.05, 4.69) is 34.5 Å². The van der Waals surface area contributed by atoms with Crippen LogP contribution in [0.25, 0.3) is 0 Å². The van der Waals surface area contributed by atoms with Crippen molar-refractivity contribution in [3.63, 3.8) is 0 Å². The summed E-state index contributed by atoms with van der Waals surface area (Å²) in [5.41, 5.74) is 2.61. The van der Waals surface area contributed by atoms with Crippen LogP contribution in [-0.4, -0.2) is 50.6 Å². The molecule has 0 saturated carbocycles. The molecule has 1 N–H and O–H groups in total. The zero-order valence-electron chi connectivity index (χ0n) is 16.7. The van der Waals surface area contributed by atoms with Gasteiger partial charge in [0.2, 0.25) is 0 Å². The van der Waals surface area contributed by atoms with Crippen LogP contribution >= 0.6 is 11.6 Å². The Morgan fingerprint density at radius 2 is 2.04 bits per heavy atom. The maximum Gasteiger partial charge on any atom is 0.255 e. The molecule has 6 heteroatoms. The minimum atomic E-state index is -0.137. The number of amides is 1. The third kappa shape index (κ3) is 4.97. The third-order valence-corrected chi connectivity index (χ3v) is 5.23. The molecule has 0 spiro atoms. The molecule has 0 radical (unpaired) electrons. The number of likely N-dealkylation sites (tertiary alicyclic amines) is 1. The first-order valence-corrected chi connectivity index (χ1v) is 10.1. The van der Waals surface area contributed by atoms with Crippen molar-refractivity contribution in [1.82, 2.24) is 10.2 Å². The highest BCUT2D eigenvalue weighted by Crippen LogP contribution is 2.33. The van der Waals surface area contributed by atoms with Gasteiger partial charge in [-0.05, 0) is 25.0 Å². The topological polar surface area (TPSA) is 44.8 Å². The molecule has 0 bridgehead atoms. The number of nitrogens with one attached hydrogen (secondary N) is 1. The molecule has 0 aliphatic carbocycles. The van der Waals surface area contributed by atoms with Crippen LogP contribution in [0.2, 0.25) is 5.02 Å². The number of carbonyl (C=O) groups is 1. The number of benzene rings is 2. The van der Waals surface area contributed by atoms with E-state index >= 15 is 0 Å². The molecule has 1 heterocycles. The van der Waals surface area contributed by atoms with E-state index in [-0.39, 0.29) is 11.9 Å². The quantitative estimate of drug-likeness (QED) is 0.766. The van der Waals surface area contributed by atoms with Gasteiger partial charge in [0.05, 0.1) is 22.9 Å². The van der Waals surface area contributed by atoms with Crippen LogP contribution in [0.3, 0.4) is 0 Å². The number of anilines is 1. The van der Waals surface area contributed by atoms with E-state index in [4.69, 9.17) is 16.3 Å². The largest absolute Gasteiger partial charge is 0.493 e. The molecule has 1 saturated heterocycles. The van der Waals surface area contributed by atoms with E-state index in [0.29, 0.717) is 22.9 Å². The molecule has 1 unspecified atom stereocenters. The van der Waals surface area contributed by atoms with E-state index in [9.17, 15) is 4.79 Å². The number of rotatable bonds is 7. The van der Waals surface area contributed by atoms with Gasteiger partial charge < -0.3 is 15.0 Å². The summed E-state index contributed by atoms with van der Waals surface area (Å²) in [6.45, 7) is 5.11. The number of ether oxygens (including phenoxy) is 1. The van der Waals surface area contributed by atoms with E-state index in [1.54, 1.807) is 6.07 Å². The fraction of sp³-hybridized carbons (Fsp3) is 0.409. The smallest absolute Gasteiger partial charge is 0.255 e. The minimum Gasteiger partial charge on any atom is -0.493 e. The number of nitrogens with zero attached hydrogens (tertiary/aromatic N) is 2. The Morgan fingerprint density at radius 3 is 2.71 bits per heavy atom. The Labute approximate surface area is 172 Å². The maximum atomic E-state index is 12.9. The molecule has 150 valence electrons. The lowest BCUT2D eigenvalue weighted by Gasteiger charge is -2.20. The predicted molar refractivity (Wildman–Crippen MR) is 115 cm³/mol. The van der Waals surface area contributed by atoms with Crippen LogP contribution in [0, 0.1) is 0 Å². The van der Waals surface area contributed by atoms with Gasteiger partial charge in [0.15, 0.2) is 0 Å². The Kier molecular flexibility index (Phi) is 6.81. The van der Waals surface area contributed by atoms with Crippen molar-refractivity contribution in [3.8, 4) is 5.75 Å². The van der Waals surface area contributed by atoms with Crippen molar-refractivity contribution < 1.29 is 9.53 Å². The van der Waals surface area contributed by atoms with E-state index in [0.717, 1.165) is 31.7 Å². The Balaban J connectivity index is 1.67. The molecular weight excluding hydrogens is 374 g/mol. The second kappa shape index (κ2) is 9.30. The molecular formula is C22H28ClN3O2. The summed E-state index contributed by atoms with van der Waals surface area (Å²) in [6, 6.07) is 14.1. The number of hydrogen-bond donors (Lipinski definition) is 1. The molecule has 0 aromatic heterocycles. The highest BCUT2D eigenvalue weighted by molar-refractivity contribution is 6.33. The zero-order valence-corrected chi connectivity index (χ0v) is 17.5. The summed E-state index contributed by atoms with van der Waals surface area (Å²) in [4.78, 5) is 17.2. The van der Waals surface area contributed by atoms with Crippen LogP contribution in [0.5, 0.6) is 5.75 Å². The molecule has 1 atom stereocenters. The molecule has 1 aliphatic heterocycles. The number of carbonyl (C=O) groups excluding carboxylic acids is 1. The van der Waals surface area contributed by atoms with Crippen LogP contribution in [-0.2, 0) is 6.54 Å². The van der Waals surface area contributed by atoms with Crippen molar-refractivity contribution in [2.75, 3.05) is 38.7 Å². The first kappa shape index (κ1) is 20.5. The summed E-state index contributed by atoms with van der Waals surface area (Å²) in [5, 5.41) is 3.69. The van der Waals surface area contributed by atoms with Crippen molar-refractivity contribution in [3.05, 3.63) is 58.6 Å². The molecule has 1 aliphatic rings. The Morgan fingerprint density at radius 1 is 1.29 bits per heavy atom. The Hall–Kier alpha value is -2.24. The number of hydrogen-bond acceptors (Lipinski definition) is 4. The normalized spacial score (nSPS) is 16.8. The van der Waals surface area contributed by atoms with Gasteiger partial charge in [0.1, 0.15) is 5.75 Å². The molecule has 2 aromatic carbocycles. The van der Waals surface area contributed by atoms with E-state index in [1.807, 2.05) is 38.1 Å². The number of halogens is 1. The van der Waals surface area contributed by atoms with Gasteiger partial charge >= 0.3 is 0 Å². The van der Waals surface area contributed by atoms with Gasteiger partial charge in [0.25, 0.3) is 5.91 Å². The van der Waals surface area contributed by atoms with E-state index in [1.165, 1.54) is 5.56 Å². The standard InChI is InChI=1S/C22H28ClN3O2/c1-4-28-21-13-20(25(2)3)19(23)12-18(21)22(27)24-17-10-11-26(15-17)14-16-8-6-5-7-9-16/h5-9,12-13,17H,4,10-11,14-15H2,1-3H3,(H,24,27). The van der Waals surface area contributed by atoms with E-state index < -0.39 is 0 Å². The first-order valence-electron chi connectivity index (χ1n) is 9.68. The van der Waals surface area contributed by atoms with Gasteiger partial charge in [-0.25, -0.2) is 0 Å². The lowest BCUT2D eigenvalue weighted by Crippen LogP contribution is -2.37. The van der Waals surface area contributed by atoms with Gasteiger partial charge in [-0.3, -0.25) is 9.69 Å². The van der Waals surface area contributed by atoms with Crippen LogP contribution in [0.4, 0.5) is 5.69 Å². The molecule has 5 nitrogen and oxygen atoms in total.